The molecule has 0 aromatic heterocycles. The van der Waals surface area contributed by atoms with Gasteiger partial charge in [0.2, 0.25) is 0 Å². The number of rotatable bonds is 1. The third-order valence-electron chi connectivity index (χ3n) is 3.91. The first kappa shape index (κ1) is 10.8. The van der Waals surface area contributed by atoms with Gasteiger partial charge in [-0.3, -0.25) is 0 Å². The standard InChI is InChI=1S/C16H17F/c17-16-11-14-9-5-4-8-13(14)10-15(16)12-6-2-1-3-7-12/h4-5,8-12H,1-3,6-7H2. The highest BCUT2D eigenvalue weighted by atomic mass is 19.1. The quantitative estimate of drug-likeness (QED) is 0.642. The smallest absolute Gasteiger partial charge is 0.127 e. The Labute approximate surface area is 101 Å². The van der Waals surface area contributed by atoms with Gasteiger partial charge in [0.25, 0.3) is 0 Å². The van der Waals surface area contributed by atoms with Crippen LogP contribution in [0.5, 0.6) is 0 Å². The lowest BCUT2D eigenvalue weighted by Crippen LogP contribution is -2.06. The summed E-state index contributed by atoms with van der Waals surface area (Å²) >= 11 is 0. The second-order valence-electron chi connectivity index (χ2n) is 5.06. The molecule has 2 aromatic rings. The van der Waals surface area contributed by atoms with Crippen molar-refractivity contribution >= 4 is 10.8 Å². The number of halogens is 1. The van der Waals surface area contributed by atoms with Crippen LogP contribution in [0, 0.1) is 5.82 Å². The second-order valence-corrected chi connectivity index (χ2v) is 5.06. The molecule has 0 atom stereocenters. The summed E-state index contributed by atoms with van der Waals surface area (Å²) < 4.78 is 14.1. The number of hydrogen-bond acceptors (Lipinski definition) is 0. The van der Waals surface area contributed by atoms with Crippen LogP contribution in [0.15, 0.2) is 36.4 Å². The Morgan fingerprint density at radius 2 is 1.53 bits per heavy atom. The van der Waals surface area contributed by atoms with Gasteiger partial charge in [-0.1, -0.05) is 43.5 Å². The highest BCUT2D eigenvalue weighted by Gasteiger charge is 2.19. The first-order valence-corrected chi connectivity index (χ1v) is 6.53. The molecule has 1 aliphatic carbocycles. The fourth-order valence-corrected chi connectivity index (χ4v) is 2.96. The Morgan fingerprint density at radius 3 is 2.24 bits per heavy atom. The number of fused-ring (bicyclic) bond motifs is 1. The summed E-state index contributed by atoms with van der Waals surface area (Å²) in [6.45, 7) is 0. The Hall–Kier alpha value is -1.37. The van der Waals surface area contributed by atoms with Crippen molar-refractivity contribution in [1.82, 2.24) is 0 Å². The van der Waals surface area contributed by atoms with Crippen molar-refractivity contribution in [2.24, 2.45) is 0 Å². The van der Waals surface area contributed by atoms with Crippen molar-refractivity contribution in [1.29, 1.82) is 0 Å². The minimum atomic E-state index is -0.0180. The van der Waals surface area contributed by atoms with Crippen LogP contribution in [0.25, 0.3) is 10.8 Å². The van der Waals surface area contributed by atoms with Crippen molar-refractivity contribution < 1.29 is 4.39 Å². The fraction of sp³-hybridized carbons (Fsp3) is 0.375. The van der Waals surface area contributed by atoms with E-state index in [0.29, 0.717) is 5.92 Å². The van der Waals surface area contributed by atoms with E-state index in [2.05, 4.69) is 12.1 Å². The van der Waals surface area contributed by atoms with Gasteiger partial charge < -0.3 is 0 Å². The highest BCUT2D eigenvalue weighted by molar-refractivity contribution is 5.83. The van der Waals surface area contributed by atoms with E-state index in [4.69, 9.17) is 0 Å². The topological polar surface area (TPSA) is 0 Å². The molecule has 1 heteroatoms. The molecule has 0 radical (unpaired) electrons. The zero-order valence-electron chi connectivity index (χ0n) is 9.95. The molecule has 17 heavy (non-hydrogen) atoms. The zero-order valence-corrected chi connectivity index (χ0v) is 9.95. The van der Waals surface area contributed by atoms with E-state index in [9.17, 15) is 4.39 Å². The molecule has 1 fully saturated rings. The largest absolute Gasteiger partial charge is 0.207 e. The molecule has 0 bridgehead atoms. The predicted octanol–water partition coefficient (Wildman–Crippen LogP) is 5.03. The van der Waals surface area contributed by atoms with Gasteiger partial charge >= 0.3 is 0 Å². The molecule has 0 unspecified atom stereocenters. The van der Waals surface area contributed by atoms with Crippen molar-refractivity contribution in [2.45, 2.75) is 38.0 Å². The summed E-state index contributed by atoms with van der Waals surface area (Å²) in [5, 5.41) is 2.17. The lowest BCUT2D eigenvalue weighted by molar-refractivity contribution is 0.430. The van der Waals surface area contributed by atoms with Crippen LogP contribution in [0.2, 0.25) is 0 Å². The molecule has 1 aliphatic rings. The molecule has 0 amide bonds. The lowest BCUT2D eigenvalue weighted by atomic mass is 9.83. The molecule has 0 spiro atoms. The van der Waals surface area contributed by atoms with E-state index in [1.54, 1.807) is 6.07 Å². The first-order valence-electron chi connectivity index (χ1n) is 6.53. The van der Waals surface area contributed by atoms with Crippen LogP contribution in [0.4, 0.5) is 4.39 Å². The normalized spacial score (nSPS) is 17.5. The SMILES string of the molecule is Fc1cc2ccccc2cc1C1CCCCC1. The third kappa shape index (κ3) is 2.06. The van der Waals surface area contributed by atoms with Crippen molar-refractivity contribution in [2.75, 3.05) is 0 Å². The molecule has 0 saturated heterocycles. The van der Waals surface area contributed by atoms with E-state index >= 15 is 0 Å². The third-order valence-corrected chi connectivity index (χ3v) is 3.91. The summed E-state index contributed by atoms with van der Waals surface area (Å²) in [4.78, 5) is 0. The molecule has 88 valence electrons. The van der Waals surface area contributed by atoms with E-state index < -0.39 is 0 Å². The summed E-state index contributed by atoms with van der Waals surface area (Å²) in [5.41, 5.74) is 0.934. The Kier molecular flexibility index (Phi) is 2.84. The number of hydrogen-bond donors (Lipinski definition) is 0. The molecule has 0 nitrogen and oxygen atoms in total. The van der Waals surface area contributed by atoms with Gasteiger partial charge in [0, 0.05) is 0 Å². The molecule has 2 aromatic carbocycles. The van der Waals surface area contributed by atoms with Crippen LogP contribution in [0.1, 0.15) is 43.6 Å². The van der Waals surface area contributed by atoms with E-state index in [1.807, 2.05) is 18.2 Å². The molecular weight excluding hydrogens is 211 g/mol. The summed E-state index contributed by atoms with van der Waals surface area (Å²) in [7, 11) is 0. The van der Waals surface area contributed by atoms with Crippen LogP contribution in [0.3, 0.4) is 0 Å². The van der Waals surface area contributed by atoms with Gasteiger partial charge in [-0.05, 0) is 47.2 Å². The average Bonchev–Trinajstić information content (AvgIpc) is 2.39. The minimum Gasteiger partial charge on any atom is -0.207 e. The van der Waals surface area contributed by atoms with Crippen LogP contribution < -0.4 is 0 Å². The summed E-state index contributed by atoms with van der Waals surface area (Å²) in [5.74, 6) is 0.420. The average molecular weight is 228 g/mol. The molecule has 0 aliphatic heterocycles. The molecule has 0 heterocycles. The van der Waals surface area contributed by atoms with Crippen LogP contribution >= 0.6 is 0 Å². The molecule has 0 N–H and O–H groups in total. The molecular formula is C16H17F. The fourth-order valence-electron chi connectivity index (χ4n) is 2.96. The second kappa shape index (κ2) is 4.48. The van der Waals surface area contributed by atoms with Crippen molar-refractivity contribution in [3.05, 3.63) is 47.8 Å². The Bertz CT molecular complexity index is 524. The van der Waals surface area contributed by atoms with E-state index in [-0.39, 0.29) is 5.82 Å². The van der Waals surface area contributed by atoms with Crippen molar-refractivity contribution in [3.8, 4) is 0 Å². The van der Waals surface area contributed by atoms with Crippen LogP contribution in [-0.2, 0) is 0 Å². The maximum absolute atomic E-state index is 14.1. The Balaban J connectivity index is 2.06. The lowest BCUT2D eigenvalue weighted by Gasteiger charge is -2.22. The van der Waals surface area contributed by atoms with Gasteiger partial charge in [0.05, 0.1) is 0 Å². The van der Waals surface area contributed by atoms with E-state index in [0.717, 1.165) is 29.2 Å². The van der Waals surface area contributed by atoms with Gasteiger partial charge in [-0.15, -0.1) is 0 Å². The van der Waals surface area contributed by atoms with Gasteiger partial charge in [-0.25, -0.2) is 4.39 Å². The van der Waals surface area contributed by atoms with Gasteiger partial charge in [-0.2, -0.15) is 0 Å². The highest BCUT2D eigenvalue weighted by Crippen LogP contribution is 2.35. The van der Waals surface area contributed by atoms with Gasteiger partial charge in [0.1, 0.15) is 5.82 Å². The molecule has 1 saturated carbocycles. The van der Waals surface area contributed by atoms with Crippen molar-refractivity contribution in [3.63, 3.8) is 0 Å². The first-order chi connectivity index (χ1) is 8.34. The van der Waals surface area contributed by atoms with Crippen LogP contribution in [-0.4, -0.2) is 0 Å². The minimum absolute atomic E-state index is 0.0180. The maximum Gasteiger partial charge on any atom is 0.127 e. The van der Waals surface area contributed by atoms with E-state index in [1.165, 1.54) is 19.3 Å². The maximum atomic E-state index is 14.1. The zero-order chi connectivity index (χ0) is 11.7. The Morgan fingerprint density at radius 1 is 0.882 bits per heavy atom. The van der Waals surface area contributed by atoms with Gasteiger partial charge in [0.15, 0.2) is 0 Å². The summed E-state index contributed by atoms with van der Waals surface area (Å²) in [6.07, 6.45) is 6.10. The summed E-state index contributed by atoms with van der Waals surface area (Å²) in [6, 6.07) is 11.8. The molecule has 3 rings (SSSR count). The predicted molar refractivity (Wildman–Crippen MR) is 69.7 cm³/mol. The number of benzene rings is 2. The monoisotopic (exact) mass is 228 g/mol.